The van der Waals surface area contributed by atoms with Gasteiger partial charge in [0.1, 0.15) is 12.7 Å². The molecule has 1 N–H and O–H groups in total. The van der Waals surface area contributed by atoms with E-state index in [1.54, 1.807) is 38.1 Å². The van der Waals surface area contributed by atoms with E-state index in [-0.39, 0.29) is 25.5 Å². The molecule has 1 aromatic carbocycles. The van der Waals surface area contributed by atoms with E-state index in [0.717, 1.165) is 4.90 Å². The minimum absolute atomic E-state index is 0.0441. The first-order chi connectivity index (χ1) is 13.3. The molecule has 1 aromatic rings. The minimum atomic E-state index is -0.962. The number of amides is 2. The molecular formula is C19H19NO8. The summed E-state index contributed by atoms with van der Waals surface area (Å²) in [5.74, 6) is -3.33. The largest absolute Gasteiger partial charge is 0.499 e. The van der Waals surface area contributed by atoms with Crippen LogP contribution in [-0.2, 0) is 23.7 Å². The molecule has 0 radical (unpaired) electrons. The molecule has 0 bridgehead atoms. The maximum Gasteiger partial charge on any atom is 0.378 e. The van der Waals surface area contributed by atoms with Crippen molar-refractivity contribution in [1.82, 2.24) is 4.90 Å². The number of benzene rings is 1. The molecule has 28 heavy (non-hydrogen) atoms. The van der Waals surface area contributed by atoms with Crippen LogP contribution in [0.1, 0.15) is 34.6 Å². The van der Waals surface area contributed by atoms with Crippen LogP contribution in [0, 0.1) is 0 Å². The van der Waals surface area contributed by atoms with Gasteiger partial charge < -0.3 is 24.1 Å². The quantitative estimate of drug-likeness (QED) is 0.590. The molecule has 1 fully saturated rings. The lowest BCUT2D eigenvalue weighted by Crippen LogP contribution is -2.35. The fraction of sp³-hybridized carbons (Fsp3) is 0.421. The Kier molecular flexibility index (Phi) is 4.35. The third-order valence-electron chi connectivity index (χ3n) is 4.74. The summed E-state index contributed by atoms with van der Waals surface area (Å²) in [6.45, 7) is 3.43. The summed E-state index contributed by atoms with van der Waals surface area (Å²) >= 11 is 0. The summed E-state index contributed by atoms with van der Waals surface area (Å²) in [5.41, 5.74) is 0.677. The van der Waals surface area contributed by atoms with Crippen molar-refractivity contribution in [2.24, 2.45) is 0 Å². The molecule has 2 atom stereocenters. The van der Waals surface area contributed by atoms with Crippen molar-refractivity contribution in [3.8, 4) is 0 Å². The molecule has 0 unspecified atom stereocenters. The number of carbonyl (C=O) groups is 3. The number of fused-ring (bicyclic) bond motifs is 1. The molecule has 0 aliphatic carbocycles. The van der Waals surface area contributed by atoms with Gasteiger partial charge in [0.15, 0.2) is 17.7 Å². The van der Waals surface area contributed by atoms with E-state index < -0.39 is 41.5 Å². The molecule has 9 heteroatoms. The first-order valence-corrected chi connectivity index (χ1v) is 8.82. The Morgan fingerprint density at radius 2 is 1.82 bits per heavy atom. The zero-order valence-corrected chi connectivity index (χ0v) is 15.3. The fourth-order valence-corrected chi connectivity index (χ4v) is 3.41. The van der Waals surface area contributed by atoms with Crippen molar-refractivity contribution in [3.63, 3.8) is 0 Å². The van der Waals surface area contributed by atoms with Gasteiger partial charge in [0, 0.05) is 0 Å². The maximum absolute atomic E-state index is 12.4. The van der Waals surface area contributed by atoms with E-state index in [4.69, 9.17) is 18.9 Å². The Morgan fingerprint density at radius 1 is 1.18 bits per heavy atom. The topological polar surface area (TPSA) is 112 Å². The highest BCUT2D eigenvalue weighted by molar-refractivity contribution is 6.21. The van der Waals surface area contributed by atoms with Gasteiger partial charge in [-0.3, -0.25) is 14.5 Å². The Labute approximate surface area is 160 Å². The normalized spacial score (nSPS) is 26.1. The Balaban J connectivity index is 1.42. The number of aliphatic hydroxyl groups is 1. The Bertz CT molecular complexity index is 855. The van der Waals surface area contributed by atoms with Crippen molar-refractivity contribution in [2.75, 3.05) is 19.8 Å². The number of ether oxygens (including phenoxy) is 4. The summed E-state index contributed by atoms with van der Waals surface area (Å²) in [4.78, 5) is 37.6. The third kappa shape index (κ3) is 3.02. The van der Waals surface area contributed by atoms with Gasteiger partial charge >= 0.3 is 5.97 Å². The summed E-state index contributed by atoms with van der Waals surface area (Å²) in [5, 5.41) is 9.99. The molecule has 4 rings (SSSR count). The standard InChI is InChI=1S/C19H19NO8/c1-19(2)26-9-12(28-19)14-15(13(21)18(24)27-14)25-8-7-20-16(22)10-5-3-4-6-11(10)17(20)23/h3-6,12,14,21H,7-9H2,1-2H3/t12-,14+/m0/s1. The minimum Gasteiger partial charge on any atom is -0.499 e. The van der Waals surface area contributed by atoms with Crippen LogP contribution in [0.15, 0.2) is 35.8 Å². The first kappa shape index (κ1) is 18.5. The highest BCUT2D eigenvalue weighted by Gasteiger charge is 2.47. The molecule has 3 heterocycles. The van der Waals surface area contributed by atoms with E-state index in [1.165, 1.54) is 0 Å². The average Bonchev–Trinajstić information content (AvgIpc) is 3.25. The van der Waals surface area contributed by atoms with Gasteiger partial charge in [0.05, 0.1) is 24.3 Å². The first-order valence-electron chi connectivity index (χ1n) is 8.82. The van der Waals surface area contributed by atoms with Gasteiger partial charge in [0.25, 0.3) is 11.8 Å². The van der Waals surface area contributed by atoms with Crippen LogP contribution in [-0.4, -0.2) is 65.5 Å². The molecule has 0 aromatic heterocycles. The molecular weight excluding hydrogens is 370 g/mol. The van der Waals surface area contributed by atoms with Crippen LogP contribution in [0.3, 0.4) is 0 Å². The molecule has 1 saturated heterocycles. The number of hydrogen-bond acceptors (Lipinski definition) is 8. The number of nitrogens with zero attached hydrogens (tertiary/aromatic N) is 1. The molecule has 3 aliphatic heterocycles. The number of imide groups is 1. The van der Waals surface area contributed by atoms with E-state index in [1.807, 2.05) is 0 Å². The highest BCUT2D eigenvalue weighted by atomic mass is 16.8. The zero-order chi connectivity index (χ0) is 20.1. The van der Waals surface area contributed by atoms with Gasteiger partial charge in [-0.1, -0.05) is 12.1 Å². The molecule has 0 spiro atoms. The van der Waals surface area contributed by atoms with Crippen LogP contribution >= 0.6 is 0 Å². The van der Waals surface area contributed by atoms with Crippen LogP contribution in [0.4, 0.5) is 0 Å². The second-order valence-electron chi connectivity index (χ2n) is 7.06. The summed E-state index contributed by atoms with van der Waals surface area (Å²) in [6.07, 6.45) is -1.60. The number of hydrogen-bond donors (Lipinski definition) is 1. The lowest BCUT2D eigenvalue weighted by Gasteiger charge is -2.22. The van der Waals surface area contributed by atoms with Crippen molar-refractivity contribution >= 4 is 17.8 Å². The predicted molar refractivity (Wildman–Crippen MR) is 92.2 cm³/mol. The molecule has 3 aliphatic rings. The molecule has 2 amide bonds. The monoisotopic (exact) mass is 389 g/mol. The van der Waals surface area contributed by atoms with Crippen LogP contribution in [0.2, 0.25) is 0 Å². The Hall–Kier alpha value is -2.91. The van der Waals surface area contributed by atoms with Gasteiger partial charge in [-0.15, -0.1) is 0 Å². The SMILES string of the molecule is CC1(C)OC[C@@H]([C@H]2OC(=O)C(O)=C2OCCN2C(=O)c3ccccc3C2=O)O1. The fourth-order valence-electron chi connectivity index (χ4n) is 3.41. The lowest BCUT2D eigenvalue weighted by atomic mass is 10.1. The summed E-state index contributed by atoms with van der Waals surface area (Å²) in [7, 11) is 0. The molecule has 148 valence electrons. The maximum atomic E-state index is 12.4. The average molecular weight is 389 g/mol. The Morgan fingerprint density at radius 3 is 2.39 bits per heavy atom. The second-order valence-corrected chi connectivity index (χ2v) is 7.06. The molecule has 0 saturated carbocycles. The van der Waals surface area contributed by atoms with E-state index >= 15 is 0 Å². The smallest absolute Gasteiger partial charge is 0.378 e. The summed E-state index contributed by atoms with van der Waals surface area (Å²) < 4.78 is 21.8. The summed E-state index contributed by atoms with van der Waals surface area (Å²) in [6, 6.07) is 6.54. The van der Waals surface area contributed by atoms with Crippen LogP contribution in [0.25, 0.3) is 0 Å². The van der Waals surface area contributed by atoms with Crippen molar-refractivity contribution in [2.45, 2.75) is 31.8 Å². The zero-order valence-electron chi connectivity index (χ0n) is 15.3. The van der Waals surface area contributed by atoms with Crippen LogP contribution < -0.4 is 0 Å². The van der Waals surface area contributed by atoms with Crippen molar-refractivity contribution < 1.29 is 38.4 Å². The highest BCUT2D eigenvalue weighted by Crippen LogP contribution is 2.33. The third-order valence-corrected chi connectivity index (χ3v) is 4.74. The van der Waals surface area contributed by atoms with Crippen molar-refractivity contribution in [1.29, 1.82) is 0 Å². The van der Waals surface area contributed by atoms with Gasteiger partial charge in [-0.2, -0.15) is 0 Å². The van der Waals surface area contributed by atoms with Gasteiger partial charge in [-0.25, -0.2) is 4.79 Å². The number of esters is 1. The number of aliphatic hydroxyl groups excluding tert-OH is 1. The number of cyclic esters (lactones) is 1. The van der Waals surface area contributed by atoms with Gasteiger partial charge in [-0.05, 0) is 26.0 Å². The van der Waals surface area contributed by atoms with E-state index in [0.29, 0.717) is 11.1 Å². The molecule has 9 nitrogen and oxygen atoms in total. The van der Waals surface area contributed by atoms with Gasteiger partial charge in [0.2, 0.25) is 5.76 Å². The van der Waals surface area contributed by atoms with Crippen molar-refractivity contribution in [3.05, 3.63) is 46.9 Å². The number of rotatable bonds is 5. The van der Waals surface area contributed by atoms with E-state index in [9.17, 15) is 19.5 Å². The van der Waals surface area contributed by atoms with E-state index in [2.05, 4.69) is 0 Å². The lowest BCUT2D eigenvalue weighted by molar-refractivity contribution is -0.163. The number of carbonyl (C=O) groups excluding carboxylic acids is 3. The second kappa shape index (κ2) is 6.61. The van der Waals surface area contributed by atoms with Crippen LogP contribution in [0.5, 0.6) is 0 Å². The predicted octanol–water partition coefficient (Wildman–Crippen LogP) is 1.15.